The van der Waals surface area contributed by atoms with Gasteiger partial charge in [-0.05, 0) is 6.42 Å². The Hall–Kier alpha value is -0.0500. The van der Waals surface area contributed by atoms with Gasteiger partial charge in [0.05, 0.1) is 0 Å². The summed E-state index contributed by atoms with van der Waals surface area (Å²) in [6.07, 6.45) is 0.960. The maximum absolute atomic E-state index is 9.88. The van der Waals surface area contributed by atoms with Crippen LogP contribution in [-0.4, -0.2) is 15.9 Å². The Balaban J connectivity index is 3.05. The van der Waals surface area contributed by atoms with Crippen LogP contribution < -0.4 is 0 Å². The zero-order chi connectivity index (χ0) is 6.57. The van der Waals surface area contributed by atoms with Gasteiger partial charge in [0.15, 0.2) is 0 Å². The molecule has 1 atom stereocenters. The Morgan fingerprint density at radius 1 is 1.88 bits per heavy atom. The van der Waals surface area contributed by atoms with Crippen LogP contribution in [0.4, 0.5) is 0 Å². The van der Waals surface area contributed by atoms with Crippen molar-refractivity contribution in [1.29, 1.82) is 0 Å². The van der Waals surface area contributed by atoms with Gasteiger partial charge in [-0.1, -0.05) is 22.9 Å². The number of hydrogen-bond acceptors (Lipinski definition) is 1. The molecular weight excluding hydrogens is 172 g/mol. The van der Waals surface area contributed by atoms with Crippen LogP contribution in [0.25, 0.3) is 0 Å². The number of halogens is 1. The fourth-order valence-electron chi connectivity index (χ4n) is 0.322. The molecule has 1 unspecified atom stereocenters. The van der Waals surface area contributed by atoms with E-state index in [-0.39, 0.29) is 6.42 Å². The van der Waals surface area contributed by atoms with Crippen LogP contribution in [0.3, 0.4) is 0 Å². The van der Waals surface area contributed by atoms with E-state index in [1.54, 1.807) is 0 Å². The molecule has 0 amide bonds. The highest BCUT2D eigenvalue weighted by Gasteiger charge is 1.99. The maximum Gasteiger partial charge on any atom is 0.303 e. The lowest BCUT2D eigenvalue weighted by Crippen LogP contribution is -1.98. The molecule has 0 saturated heterocycles. The summed E-state index contributed by atoms with van der Waals surface area (Å²) in [5, 5.41) is 8.14. The molecule has 2 nitrogen and oxygen atoms in total. The molecule has 0 spiro atoms. The number of hydrogen-bond donors (Lipinski definition) is 1. The van der Waals surface area contributed by atoms with Crippen LogP contribution in [0.5, 0.6) is 0 Å². The molecule has 0 rings (SSSR count). The van der Waals surface area contributed by atoms with Gasteiger partial charge in [0, 0.05) is 11.2 Å². The third-order valence-corrected chi connectivity index (χ3v) is 1.21. The zero-order valence-corrected chi connectivity index (χ0v) is 6.31. The van der Waals surface area contributed by atoms with Crippen LogP contribution in [0, 0.1) is 0 Å². The van der Waals surface area contributed by atoms with Crippen LogP contribution in [0.2, 0.25) is 0 Å². The molecular formula is C5H9BrO2. The second-order valence-electron chi connectivity index (χ2n) is 1.71. The van der Waals surface area contributed by atoms with Crippen molar-refractivity contribution in [2.75, 3.05) is 0 Å². The Morgan fingerprint density at radius 3 is 2.50 bits per heavy atom. The number of carboxylic acids is 1. The molecule has 0 aromatic carbocycles. The molecule has 1 N–H and O–H groups in total. The number of carbonyl (C=O) groups is 1. The van der Waals surface area contributed by atoms with Gasteiger partial charge in [-0.25, -0.2) is 0 Å². The highest BCUT2D eigenvalue weighted by molar-refractivity contribution is 9.09. The monoisotopic (exact) mass is 180 g/mol. The fraction of sp³-hybridized carbons (Fsp3) is 0.800. The predicted octanol–water partition coefficient (Wildman–Crippen LogP) is 1.63. The van der Waals surface area contributed by atoms with Crippen LogP contribution >= 0.6 is 15.9 Å². The van der Waals surface area contributed by atoms with E-state index in [0.717, 1.165) is 0 Å². The summed E-state index contributed by atoms with van der Waals surface area (Å²) < 4.78 is 0. The summed E-state index contributed by atoms with van der Waals surface area (Å²) in [6.45, 7) is 1.93. The quantitative estimate of drug-likeness (QED) is 0.672. The summed E-state index contributed by atoms with van der Waals surface area (Å²) in [6, 6.07) is 0. The molecule has 48 valence electrons. The minimum absolute atomic E-state index is 0.256. The predicted molar refractivity (Wildman–Crippen MR) is 35.3 cm³/mol. The second-order valence-corrected chi connectivity index (χ2v) is 3.28. The lowest BCUT2D eigenvalue weighted by molar-refractivity contribution is -0.137. The van der Waals surface area contributed by atoms with Gasteiger partial charge in [0.25, 0.3) is 0 Å². The summed E-state index contributed by atoms with van der Waals surface area (Å²) in [5.74, 6) is -0.726. The number of carboxylic acid groups (broad SMARTS) is 1. The third-order valence-electron chi connectivity index (χ3n) is 0.756. The van der Waals surface area contributed by atoms with Gasteiger partial charge in [0.1, 0.15) is 0 Å². The Labute approximate surface area is 57.0 Å². The smallest absolute Gasteiger partial charge is 0.303 e. The number of alkyl halides is 1. The topological polar surface area (TPSA) is 37.3 Å². The molecule has 0 aromatic heterocycles. The van der Waals surface area contributed by atoms with Crippen LogP contribution in [0.15, 0.2) is 0 Å². The second kappa shape index (κ2) is 3.89. The molecule has 0 heterocycles. The van der Waals surface area contributed by atoms with Gasteiger partial charge in [-0.3, -0.25) is 4.79 Å². The molecule has 0 aliphatic rings. The Morgan fingerprint density at radius 2 is 2.38 bits per heavy atom. The van der Waals surface area contributed by atoms with Gasteiger partial charge in [0.2, 0.25) is 0 Å². The molecule has 0 bridgehead atoms. The van der Waals surface area contributed by atoms with Gasteiger partial charge in [-0.2, -0.15) is 0 Å². The molecule has 0 fully saturated rings. The normalized spacial score (nSPS) is 13.2. The average Bonchev–Trinajstić information content (AvgIpc) is 1.61. The van der Waals surface area contributed by atoms with Crippen molar-refractivity contribution in [3.05, 3.63) is 0 Å². The summed E-state index contributed by atoms with van der Waals surface area (Å²) in [7, 11) is 0. The molecule has 0 saturated carbocycles. The van der Waals surface area contributed by atoms with Gasteiger partial charge >= 0.3 is 5.97 Å². The zero-order valence-electron chi connectivity index (χ0n) is 4.72. The first kappa shape index (κ1) is 7.95. The van der Waals surface area contributed by atoms with Crippen molar-refractivity contribution >= 4 is 21.9 Å². The van der Waals surface area contributed by atoms with Crippen molar-refractivity contribution < 1.29 is 9.90 Å². The van der Waals surface area contributed by atoms with E-state index in [9.17, 15) is 4.79 Å². The first-order valence-electron chi connectivity index (χ1n) is 2.49. The first-order chi connectivity index (χ1) is 3.63. The van der Waals surface area contributed by atoms with Crippen LogP contribution in [0.1, 0.15) is 19.8 Å². The van der Waals surface area contributed by atoms with Crippen molar-refractivity contribution in [1.82, 2.24) is 0 Å². The van der Waals surface area contributed by atoms with E-state index in [4.69, 9.17) is 5.11 Å². The Bertz CT molecular complexity index is 80.5. The van der Waals surface area contributed by atoms with E-state index in [1.807, 2.05) is 6.92 Å². The summed E-state index contributed by atoms with van der Waals surface area (Å²) >= 11 is 3.24. The molecule has 0 radical (unpaired) electrons. The number of rotatable bonds is 3. The highest BCUT2D eigenvalue weighted by Crippen LogP contribution is 2.05. The third kappa shape index (κ3) is 5.95. The van der Waals surface area contributed by atoms with Crippen molar-refractivity contribution in [2.24, 2.45) is 0 Å². The Kier molecular flexibility index (Phi) is 3.87. The van der Waals surface area contributed by atoms with Gasteiger partial charge < -0.3 is 5.11 Å². The largest absolute Gasteiger partial charge is 0.481 e. The highest BCUT2D eigenvalue weighted by atomic mass is 79.9. The van der Waals surface area contributed by atoms with Crippen molar-refractivity contribution in [3.8, 4) is 0 Å². The lowest BCUT2D eigenvalue weighted by Gasteiger charge is -1.95. The van der Waals surface area contributed by atoms with Crippen molar-refractivity contribution in [3.63, 3.8) is 0 Å². The lowest BCUT2D eigenvalue weighted by atomic mass is 10.3. The SMILES string of the molecule is CC(Br)CCC(=O)O. The van der Waals surface area contributed by atoms with Gasteiger partial charge in [-0.15, -0.1) is 0 Å². The van der Waals surface area contributed by atoms with E-state index < -0.39 is 5.97 Å². The molecule has 0 aliphatic carbocycles. The average molecular weight is 181 g/mol. The molecule has 0 aliphatic heterocycles. The van der Waals surface area contributed by atoms with Crippen molar-refractivity contribution in [2.45, 2.75) is 24.6 Å². The van der Waals surface area contributed by atoms with E-state index in [2.05, 4.69) is 15.9 Å². The molecule has 0 aromatic rings. The molecule has 3 heteroatoms. The first-order valence-corrected chi connectivity index (χ1v) is 3.40. The minimum Gasteiger partial charge on any atom is -0.481 e. The van der Waals surface area contributed by atoms with Crippen LogP contribution in [-0.2, 0) is 4.79 Å². The number of aliphatic carboxylic acids is 1. The standard InChI is InChI=1S/C5H9BrO2/c1-4(6)2-3-5(7)8/h4H,2-3H2,1H3,(H,7,8). The van der Waals surface area contributed by atoms with E-state index >= 15 is 0 Å². The molecule has 8 heavy (non-hydrogen) atoms. The fourth-order valence-corrected chi connectivity index (χ4v) is 0.551. The van der Waals surface area contributed by atoms with E-state index in [0.29, 0.717) is 11.2 Å². The summed E-state index contributed by atoms with van der Waals surface area (Å²) in [5.41, 5.74) is 0. The summed E-state index contributed by atoms with van der Waals surface area (Å²) in [4.78, 5) is 10.2. The minimum atomic E-state index is -0.726. The van der Waals surface area contributed by atoms with E-state index in [1.165, 1.54) is 0 Å². The maximum atomic E-state index is 9.88.